The molecule has 0 aromatic heterocycles. The quantitative estimate of drug-likeness (QED) is 0.0864. The van der Waals surface area contributed by atoms with Crippen LogP contribution >= 0.6 is 23.2 Å². The molecule has 4 aromatic carbocycles. The molecule has 0 saturated heterocycles. The number of aryl methyl sites for hydroxylation is 1. The van der Waals surface area contributed by atoms with Crippen LogP contribution in [0.5, 0.6) is 0 Å². The summed E-state index contributed by atoms with van der Waals surface area (Å²) in [5, 5.41) is 12.5. The highest BCUT2D eigenvalue weighted by Gasteiger charge is 2.18. The molecule has 0 bridgehead atoms. The van der Waals surface area contributed by atoms with Crippen molar-refractivity contribution in [3.05, 3.63) is 129 Å². The van der Waals surface area contributed by atoms with Crippen molar-refractivity contribution in [2.45, 2.75) is 39.4 Å². The second-order valence-corrected chi connectivity index (χ2v) is 13.9. The Morgan fingerprint density at radius 3 is 1.94 bits per heavy atom. The summed E-state index contributed by atoms with van der Waals surface area (Å²) >= 11 is 12.1. The van der Waals surface area contributed by atoms with E-state index >= 15 is 0 Å². The number of nitrogens with one attached hydrogen (secondary N) is 4. The van der Waals surface area contributed by atoms with Crippen molar-refractivity contribution < 1.29 is 18.6 Å². The van der Waals surface area contributed by atoms with Crippen LogP contribution in [0.15, 0.2) is 91.0 Å². The number of nitrogens with two attached hydrogens (primary N) is 1. The van der Waals surface area contributed by atoms with Crippen LogP contribution in [0.1, 0.15) is 57.3 Å². The predicted molar refractivity (Wildman–Crippen MR) is 205 cm³/mol. The minimum atomic E-state index is -1.39. The molecule has 0 aliphatic rings. The number of carbonyl (C=O) groups excluding carboxylic acids is 3. The molecule has 1 unspecified atom stereocenters. The number of anilines is 2. The summed E-state index contributed by atoms with van der Waals surface area (Å²) in [6.07, 6.45) is 1.49. The van der Waals surface area contributed by atoms with E-state index in [9.17, 15) is 18.6 Å². The maximum Gasteiger partial charge on any atom is 0.251 e. The number of hydrogen-bond donors (Lipinski definition) is 5. The van der Waals surface area contributed by atoms with Crippen LogP contribution in [0, 0.1) is 6.92 Å². The summed E-state index contributed by atoms with van der Waals surface area (Å²) < 4.78 is 13.6. The molecule has 0 heterocycles. The van der Waals surface area contributed by atoms with Gasteiger partial charge in [0.25, 0.3) is 11.8 Å². The topological polar surface area (TPSA) is 146 Å². The molecule has 6 N–H and O–H groups in total. The standard InChI is InChI=1S/C30H36Cl2N6O4S.C7H8/c1-18(21-5-7-26(33)8-6-21)37-28(39)19(2)34-9-10-35-29(40)22-13-23(15-27(14-22)38(3)43(4)42)30(41)36-17-20-11-24(31)16-25(32)12-20;1-7-5-3-2-4-6-7/h5-8,11-16,18-19,34H,9-10,17,33H2,1-4H3,(H,35,40)(H,36,41)(H,37,39);2-6H,1H3/t18-,19+,43?;/m1./s1. The van der Waals surface area contributed by atoms with Crippen LogP contribution in [0.25, 0.3) is 0 Å². The average Bonchev–Trinajstić information content (AvgIpc) is 3.08. The molecule has 50 heavy (non-hydrogen) atoms. The fourth-order valence-corrected chi connectivity index (χ4v) is 5.57. The van der Waals surface area contributed by atoms with Crippen molar-refractivity contribution in [2.24, 2.45) is 0 Å². The zero-order valence-corrected chi connectivity index (χ0v) is 31.1. The Hall–Kier alpha value is -4.42. The fraction of sp³-hybridized carbons (Fsp3) is 0.270. The number of halogens is 2. The van der Waals surface area contributed by atoms with Gasteiger partial charge in [0.15, 0.2) is 0 Å². The number of nitrogens with zero attached hydrogens (tertiary/aromatic N) is 1. The Bertz CT molecular complexity index is 1760. The van der Waals surface area contributed by atoms with Crippen molar-refractivity contribution in [2.75, 3.05) is 36.4 Å². The van der Waals surface area contributed by atoms with E-state index in [4.69, 9.17) is 28.9 Å². The first-order valence-corrected chi connectivity index (χ1v) is 18.1. The zero-order chi connectivity index (χ0) is 36.8. The number of amides is 3. The van der Waals surface area contributed by atoms with Crippen LogP contribution in [-0.2, 0) is 22.3 Å². The van der Waals surface area contributed by atoms with Gasteiger partial charge in [-0.2, -0.15) is 0 Å². The van der Waals surface area contributed by atoms with Crippen molar-refractivity contribution >= 4 is 63.3 Å². The van der Waals surface area contributed by atoms with E-state index in [2.05, 4.69) is 40.3 Å². The van der Waals surface area contributed by atoms with Gasteiger partial charge in [-0.05, 0) is 80.4 Å². The first-order chi connectivity index (χ1) is 23.7. The molecular formula is C37H44Cl2N6O4S. The first kappa shape index (κ1) is 40.0. The fourth-order valence-electron chi connectivity index (χ4n) is 4.60. The molecule has 0 aliphatic heterocycles. The summed E-state index contributed by atoms with van der Waals surface area (Å²) in [4.78, 5) is 38.7. The third-order valence-electron chi connectivity index (χ3n) is 7.56. The third kappa shape index (κ3) is 13.1. The van der Waals surface area contributed by atoms with E-state index in [0.717, 1.165) is 5.56 Å². The highest BCUT2D eigenvalue weighted by atomic mass is 35.5. The normalized spacial score (nSPS) is 12.4. The predicted octanol–water partition coefficient (Wildman–Crippen LogP) is 5.82. The molecule has 4 rings (SSSR count). The van der Waals surface area contributed by atoms with E-state index in [1.165, 1.54) is 22.2 Å². The van der Waals surface area contributed by atoms with Gasteiger partial charge in [0, 0.05) is 59.8 Å². The van der Waals surface area contributed by atoms with Gasteiger partial charge in [-0.3, -0.25) is 18.7 Å². The minimum Gasteiger partial charge on any atom is -0.399 e. The third-order valence-corrected chi connectivity index (χ3v) is 8.98. The van der Waals surface area contributed by atoms with Crippen LogP contribution in [0.3, 0.4) is 0 Å². The van der Waals surface area contributed by atoms with E-state index in [1.807, 2.05) is 37.3 Å². The van der Waals surface area contributed by atoms with Crippen LogP contribution in [-0.4, -0.2) is 54.4 Å². The molecule has 0 aliphatic carbocycles. The van der Waals surface area contributed by atoms with E-state index < -0.39 is 28.8 Å². The molecule has 13 heteroatoms. The van der Waals surface area contributed by atoms with Gasteiger partial charge < -0.3 is 27.0 Å². The lowest BCUT2D eigenvalue weighted by Gasteiger charge is -2.19. The van der Waals surface area contributed by atoms with Crippen molar-refractivity contribution in [3.63, 3.8) is 0 Å². The van der Waals surface area contributed by atoms with Crippen molar-refractivity contribution in [1.29, 1.82) is 0 Å². The molecule has 4 aromatic rings. The first-order valence-electron chi connectivity index (χ1n) is 15.9. The van der Waals surface area contributed by atoms with Gasteiger partial charge in [0.2, 0.25) is 5.91 Å². The van der Waals surface area contributed by atoms with Crippen LogP contribution in [0.4, 0.5) is 11.4 Å². The Kier molecular flexibility index (Phi) is 15.8. The summed E-state index contributed by atoms with van der Waals surface area (Å²) in [5.41, 5.74) is 10.2. The molecule has 3 amide bonds. The molecular weight excluding hydrogens is 695 g/mol. The average molecular weight is 740 g/mol. The smallest absolute Gasteiger partial charge is 0.251 e. The lowest BCUT2D eigenvalue weighted by atomic mass is 10.1. The zero-order valence-electron chi connectivity index (χ0n) is 28.8. The van der Waals surface area contributed by atoms with Gasteiger partial charge in [0.1, 0.15) is 11.0 Å². The maximum atomic E-state index is 13.0. The maximum absolute atomic E-state index is 13.0. The number of rotatable bonds is 13. The molecule has 266 valence electrons. The van der Waals surface area contributed by atoms with Crippen molar-refractivity contribution in [1.82, 2.24) is 21.3 Å². The largest absolute Gasteiger partial charge is 0.399 e. The number of benzene rings is 4. The Balaban J connectivity index is 0.000000857. The highest BCUT2D eigenvalue weighted by molar-refractivity contribution is 7.85. The molecule has 10 nitrogen and oxygen atoms in total. The Morgan fingerprint density at radius 2 is 1.40 bits per heavy atom. The summed E-state index contributed by atoms with van der Waals surface area (Å²) in [5.74, 6) is -1.05. The van der Waals surface area contributed by atoms with Gasteiger partial charge in [-0.25, -0.2) is 4.21 Å². The monoisotopic (exact) mass is 738 g/mol. The molecule has 0 saturated carbocycles. The summed E-state index contributed by atoms with van der Waals surface area (Å²) in [6.45, 7) is 6.42. The molecule has 0 spiro atoms. The number of nitrogen functional groups attached to an aromatic ring is 1. The van der Waals surface area contributed by atoms with Crippen molar-refractivity contribution in [3.8, 4) is 0 Å². The van der Waals surface area contributed by atoms with Crippen LogP contribution in [0.2, 0.25) is 10.0 Å². The van der Waals surface area contributed by atoms with Gasteiger partial charge in [-0.1, -0.05) is 71.2 Å². The van der Waals surface area contributed by atoms with Crippen LogP contribution < -0.4 is 31.3 Å². The second kappa shape index (κ2) is 19.7. The minimum absolute atomic E-state index is 0.163. The molecule has 0 fully saturated rings. The second-order valence-electron chi connectivity index (χ2n) is 11.6. The Labute approximate surface area is 306 Å². The van der Waals surface area contributed by atoms with Gasteiger partial charge in [-0.15, -0.1) is 0 Å². The lowest BCUT2D eigenvalue weighted by molar-refractivity contribution is -0.123. The SMILES string of the molecule is C[C@H](NCCNC(=O)c1cc(C(=O)NCc2cc(Cl)cc(Cl)c2)cc(N(C)S(C)=O)c1)C(=O)N[C@H](C)c1ccc(N)cc1.Cc1ccccc1. The molecule has 3 atom stereocenters. The number of carbonyl (C=O) groups is 3. The van der Waals surface area contributed by atoms with E-state index in [1.54, 1.807) is 56.4 Å². The van der Waals surface area contributed by atoms with Gasteiger partial charge in [0.05, 0.1) is 17.8 Å². The lowest BCUT2D eigenvalue weighted by Crippen LogP contribution is -2.45. The van der Waals surface area contributed by atoms with E-state index in [0.29, 0.717) is 33.5 Å². The van der Waals surface area contributed by atoms with E-state index in [-0.39, 0.29) is 36.2 Å². The molecule has 0 radical (unpaired) electrons. The summed E-state index contributed by atoms with van der Waals surface area (Å²) in [6, 6.07) is 26.4. The van der Waals surface area contributed by atoms with Gasteiger partial charge >= 0.3 is 0 Å². The summed E-state index contributed by atoms with van der Waals surface area (Å²) in [7, 11) is 0.214. The number of hydrogen-bond acceptors (Lipinski definition) is 6. The highest BCUT2D eigenvalue weighted by Crippen LogP contribution is 2.21. The Morgan fingerprint density at radius 1 is 0.820 bits per heavy atom.